The van der Waals surface area contributed by atoms with E-state index in [-0.39, 0.29) is 0 Å². The summed E-state index contributed by atoms with van der Waals surface area (Å²) in [5.41, 5.74) is 6.01. The maximum Gasteiger partial charge on any atom is 0.156 e. The first-order valence-corrected chi connectivity index (χ1v) is 8.19. The number of aromatic nitrogens is 3. The molecular weight excluding hydrogens is 350 g/mol. The molecule has 4 heteroatoms. The first-order chi connectivity index (χ1) is 11.2. The van der Waals surface area contributed by atoms with Gasteiger partial charge in [0.15, 0.2) is 5.65 Å². The van der Waals surface area contributed by atoms with E-state index >= 15 is 0 Å². The Morgan fingerprint density at radius 1 is 0.870 bits per heavy atom. The zero-order valence-corrected chi connectivity index (χ0v) is 14.2. The molecule has 0 aliphatic carbocycles. The summed E-state index contributed by atoms with van der Waals surface area (Å²) in [6.45, 7) is 2.01. The van der Waals surface area contributed by atoms with Gasteiger partial charge in [0.05, 0.1) is 11.4 Å². The Bertz CT molecular complexity index is 990. The average molecular weight is 364 g/mol. The average Bonchev–Trinajstić information content (AvgIpc) is 2.99. The monoisotopic (exact) mass is 363 g/mol. The summed E-state index contributed by atoms with van der Waals surface area (Å²) in [6.07, 6.45) is 0. The van der Waals surface area contributed by atoms with E-state index in [0.29, 0.717) is 0 Å². The standard InChI is InChI=1S/C19H14BrN3/c1-13-10-18(14-6-3-2-4-7-14)23-19(21-13)12-17(22-23)15-8-5-9-16(20)11-15/h2-12H,1H3. The lowest BCUT2D eigenvalue weighted by Crippen LogP contribution is -1.97. The van der Waals surface area contributed by atoms with Crippen LogP contribution in [0.1, 0.15) is 5.69 Å². The predicted molar refractivity (Wildman–Crippen MR) is 96.3 cm³/mol. The van der Waals surface area contributed by atoms with Crippen LogP contribution in [0.25, 0.3) is 28.2 Å². The highest BCUT2D eigenvalue weighted by molar-refractivity contribution is 9.10. The SMILES string of the molecule is Cc1cc(-c2ccccc2)n2nc(-c3cccc(Br)c3)cc2n1. The first-order valence-electron chi connectivity index (χ1n) is 7.39. The number of benzene rings is 2. The predicted octanol–water partition coefficient (Wildman–Crippen LogP) is 5.13. The minimum Gasteiger partial charge on any atom is -0.234 e. The van der Waals surface area contributed by atoms with Gasteiger partial charge in [-0.3, -0.25) is 0 Å². The first kappa shape index (κ1) is 14.2. The second kappa shape index (κ2) is 5.63. The minimum absolute atomic E-state index is 0.860. The van der Waals surface area contributed by atoms with Crippen LogP contribution in [0.2, 0.25) is 0 Å². The van der Waals surface area contributed by atoms with Crippen LogP contribution >= 0.6 is 15.9 Å². The summed E-state index contributed by atoms with van der Waals surface area (Å²) in [7, 11) is 0. The van der Waals surface area contributed by atoms with Crippen LogP contribution in [0.5, 0.6) is 0 Å². The minimum atomic E-state index is 0.860. The number of hydrogen-bond donors (Lipinski definition) is 0. The molecule has 23 heavy (non-hydrogen) atoms. The highest BCUT2D eigenvalue weighted by Crippen LogP contribution is 2.26. The molecule has 0 atom stereocenters. The third-order valence-electron chi connectivity index (χ3n) is 3.75. The second-order valence-corrected chi connectivity index (χ2v) is 6.37. The lowest BCUT2D eigenvalue weighted by atomic mass is 10.1. The van der Waals surface area contributed by atoms with E-state index in [0.717, 1.165) is 38.3 Å². The molecule has 0 aliphatic rings. The van der Waals surface area contributed by atoms with E-state index in [1.165, 1.54) is 0 Å². The van der Waals surface area contributed by atoms with Crippen LogP contribution in [0, 0.1) is 6.92 Å². The summed E-state index contributed by atoms with van der Waals surface area (Å²) < 4.78 is 2.96. The summed E-state index contributed by atoms with van der Waals surface area (Å²) in [4.78, 5) is 4.62. The van der Waals surface area contributed by atoms with Crippen LogP contribution < -0.4 is 0 Å². The van der Waals surface area contributed by atoms with E-state index < -0.39 is 0 Å². The van der Waals surface area contributed by atoms with Crippen molar-refractivity contribution in [1.82, 2.24) is 14.6 Å². The fourth-order valence-corrected chi connectivity index (χ4v) is 3.10. The summed E-state index contributed by atoms with van der Waals surface area (Å²) >= 11 is 3.52. The molecule has 4 aromatic rings. The summed E-state index contributed by atoms with van der Waals surface area (Å²) in [5, 5.41) is 4.77. The van der Waals surface area contributed by atoms with E-state index in [1.807, 2.05) is 47.8 Å². The molecule has 112 valence electrons. The molecule has 2 heterocycles. The van der Waals surface area contributed by atoms with Crippen molar-refractivity contribution in [3.8, 4) is 22.5 Å². The molecule has 0 N–H and O–H groups in total. The molecule has 0 fully saturated rings. The number of halogens is 1. The summed E-state index contributed by atoms with van der Waals surface area (Å²) in [6, 6.07) is 22.5. The van der Waals surface area contributed by atoms with Gasteiger partial charge in [-0.15, -0.1) is 0 Å². The van der Waals surface area contributed by atoms with E-state index in [1.54, 1.807) is 0 Å². The highest BCUT2D eigenvalue weighted by Gasteiger charge is 2.11. The van der Waals surface area contributed by atoms with Gasteiger partial charge in [0, 0.05) is 27.4 Å². The molecule has 2 aromatic carbocycles. The Labute approximate surface area is 142 Å². The van der Waals surface area contributed by atoms with Gasteiger partial charge in [0.2, 0.25) is 0 Å². The number of rotatable bonds is 2. The van der Waals surface area contributed by atoms with Gasteiger partial charge in [0.1, 0.15) is 0 Å². The Hall–Kier alpha value is -2.46. The number of fused-ring (bicyclic) bond motifs is 1. The van der Waals surface area contributed by atoms with Crippen molar-refractivity contribution < 1.29 is 0 Å². The zero-order valence-electron chi connectivity index (χ0n) is 12.6. The van der Waals surface area contributed by atoms with Crippen LogP contribution in [-0.2, 0) is 0 Å². The molecule has 0 amide bonds. The topological polar surface area (TPSA) is 30.2 Å². The summed E-state index contributed by atoms with van der Waals surface area (Å²) in [5.74, 6) is 0. The maximum absolute atomic E-state index is 4.77. The number of nitrogens with zero attached hydrogens (tertiary/aromatic N) is 3. The third-order valence-corrected chi connectivity index (χ3v) is 4.24. The second-order valence-electron chi connectivity index (χ2n) is 5.46. The van der Waals surface area contributed by atoms with Gasteiger partial charge in [-0.05, 0) is 25.1 Å². The highest BCUT2D eigenvalue weighted by atomic mass is 79.9. The van der Waals surface area contributed by atoms with Crippen LogP contribution in [0.3, 0.4) is 0 Å². The largest absolute Gasteiger partial charge is 0.234 e. The Balaban J connectivity index is 1.95. The van der Waals surface area contributed by atoms with Gasteiger partial charge >= 0.3 is 0 Å². The van der Waals surface area contributed by atoms with Crippen molar-refractivity contribution in [2.24, 2.45) is 0 Å². The molecule has 3 nitrogen and oxygen atoms in total. The smallest absolute Gasteiger partial charge is 0.156 e. The lowest BCUT2D eigenvalue weighted by molar-refractivity contribution is 0.942. The molecule has 2 aromatic heterocycles. The Morgan fingerprint density at radius 3 is 2.43 bits per heavy atom. The molecule has 0 aliphatic heterocycles. The van der Waals surface area contributed by atoms with Crippen molar-refractivity contribution in [2.45, 2.75) is 6.92 Å². The van der Waals surface area contributed by atoms with Crippen molar-refractivity contribution in [3.05, 3.63) is 76.9 Å². The van der Waals surface area contributed by atoms with E-state index in [2.05, 4.69) is 51.2 Å². The zero-order chi connectivity index (χ0) is 15.8. The Kier molecular flexibility index (Phi) is 3.46. The van der Waals surface area contributed by atoms with Crippen molar-refractivity contribution >= 4 is 21.6 Å². The normalized spacial score (nSPS) is 11.0. The number of hydrogen-bond acceptors (Lipinski definition) is 2. The van der Waals surface area contributed by atoms with Gasteiger partial charge < -0.3 is 0 Å². The fourth-order valence-electron chi connectivity index (χ4n) is 2.70. The van der Waals surface area contributed by atoms with Crippen molar-refractivity contribution in [1.29, 1.82) is 0 Å². The molecule has 4 rings (SSSR count). The van der Waals surface area contributed by atoms with Gasteiger partial charge in [-0.1, -0.05) is 58.4 Å². The molecule has 0 unspecified atom stereocenters. The van der Waals surface area contributed by atoms with Crippen LogP contribution in [-0.4, -0.2) is 14.6 Å². The molecular formula is C19H14BrN3. The molecule has 0 saturated heterocycles. The molecule has 0 saturated carbocycles. The third kappa shape index (κ3) is 2.66. The number of aryl methyl sites for hydroxylation is 1. The van der Waals surface area contributed by atoms with Crippen molar-refractivity contribution in [2.75, 3.05) is 0 Å². The lowest BCUT2D eigenvalue weighted by Gasteiger charge is -2.06. The van der Waals surface area contributed by atoms with Crippen molar-refractivity contribution in [3.63, 3.8) is 0 Å². The van der Waals surface area contributed by atoms with Crippen LogP contribution in [0.4, 0.5) is 0 Å². The van der Waals surface area contributed by atoms with E-state index in [4.69, 9.17) is 5.10 Å². The van der Waals surface area contributed by atoms with Gasteiger partial charge in [0.25, 0.3) is 0 Å². The van der Waals surface area contributed by atoms with Gasteiger partial charge in [-0.25, -0.2) is 9.50 Å². The maximum atomic E-state index is 4.77. The molecule has 0 bridgehead atoms. The van der Waals surface area contributed by atoms with Gasteiger partial charge in [-0.2, -0.15) is 5.10 Å². The van der Waals surface area contributed by atoms with E-state index in [9.17, 15) is 0 Å². The molecule has 0 radical (unpaired) electrons. The quantitative estimate of drug-likeness (QED) is 0.493. The van der Waals surface area contributed by atoms with Crippen LogP contribution in [0.15, 0.2) is 71.2 Å². The Morgan fingerprint density at radius 2 is 1.65 bits per heavy atom. The molecule has 0 spiro atoms. The fraction of sp³-hybridized carbons (Fsp3) is 0.0526.